The molecule has 0 fully saturated rings. The molecular formula is C7H11NO5. The van der Waals surface area contributed by atoms with Crippen LogP contribution in [0, 0.1) is 11.3 Å². The quantitative estimate of drug-likeness (QED) is 0.258. The Morgan fingerprint density at radius 3 is 1.92 bits per heavy atom. The summed E-state index contributed by atoms with van der Waals surface area (Å²) in [6, 6.07) is 1.26. The normalized spacial score (nSPS) is 19.6. The number of aliphatic hydroxyl groups excluding tert-OH is 5. The summed E-state index contributed by atoms with van der Waals surface area (Å²) in [4.78, 5) is 0. The second kappa shape index (κ2) is 4.79. The van der Waals surface area contributed by atoms with Gasteiger partial charge in [0.05, 0.1) is 6.07 Å². The van der Waals surface area contributed by atoms with Crippen molar-refractivity contribution in [2.24, 2.45) is 0 Å². The highest BCUT2D eigenvalue weighted by Crippen LogP contribution is 2.08. The highest BCUT2D eigenvalue weighted by Gasteiger charge is 2.31. The second-order valence-corrected chi connectivity index (χ2v) is 2.49. The van der Waals surface area contributed by atoms with Crippen molar-refractivity contribution in [3.05, 3.63) is 12.3 Å². The Bertz CT molecular complexity index is 223. The summed E-state index contributed by atoms with van der Waals surface area (Å²) in [5, 5.41) is 52.4. The zero-order chi connectivity index (χ0) is 10.6. The van der Waals surface area contributed by atoms with Crippen LogP contribution in [-0.2, 0) is 0 Å². The van der Waals surface area contributed by atoms with Gasteiger partial charge < -0.3 is 25.5 Å². The average Bonchev–Trinajstić information content (AvgIpc) is 2.12. The fraction of sp³-hybridized carbons (Fsp3) is 0.571. The topological polar surface area (TPSA) is 125 Å². The monoisotopic (exact) mass is 189 g/mol. The molecule has 0 amide bonds. The minimum absolute atomic E-state index is 0.753. The molecule has 0 aliphatic carbocycles. The standard InChI is InChI=1S/C7H11NO5/c1-3(9)5(11)7(13)6(12)4(10)2-8/h4-7,9-13H,1H2/t4-,5+,6-,7+/m0/s1. The zero-order valence-electron chi connectivity index (χ0n) is 6.70. The Balaban J connectivity index is 4.34. The summed E-state index contributed by atoms with van der Waals surface area (Å²) in [5.41, 5.74) is 0. The van der Waals surface area contributed by atoms with E-state index in [9.17, 15) is 0 Å². The maximum absolute atomic E-state index is 9.03. The number of nitriles is 1. The van der Waals surface area contributed by atoms with Gasteiger partial charge in [0, 0.05) is 0 Å². The van der Waals surface area contributed by atoms with Crippen molar-refractivity contribution in [1.82, 2.24) is 0 Å². The molecule has 6 nitrogen and oxygen atoms in total. The lowest BCUT2D eigenvalue weighted by Crippen LogP contribution is -2.44. The Morgan fingerprint density at radius 1 is 1.15 bits per heavy atom. The van der Waals surface area contributed by atoms with E-state index in [1.165, 1.54) is 6.07 Å². The van der Waals surface area contributed by atoms with Crippen molar-refractivity contribution in [3.8, 4) is 6.07 Å². The molecule has 0 aromatic carbocycles. The number of hydrogen-bond donors (Lipinski definition) is 5. The first-order valence-electron chi connectivity index (χ1n) is 3.41. The third-order valence-electron chi connectivity index (χ3n) is 1.47. The van der Waals surface area contributed by atoms with Crippen molar-refractivity contribution in [2.75, 3.05) is 0 Å². The minimum atomic E-state index is -1.86. The van der Waals surface area contributed by atoms with Gasteiger partial charge in [-0.05, 0) is 0 Å². The van der Waals surface area contributed by atoms with Crippen molar-refractivity contribution < 1.29 is 25.5 Å². The van der Waals surface area contributed by atoms with Crippen molar-refractivity contribution in [2.45, 2.75) is 24.4 Å². The van der Waals surface area contributed by atoms with E-state index in [1.807, 2.05) is 0 Å². The second-order valence-electron chi connectivity index (χ2n) is 2.49. The molecule has 0 aliphatic rings. The molecule has 0 saturated heterocycles. The maximum Gasteiger partial charge on any atom is 0.168 e. The van der Waals surface area contributed by atoms with Crippen LogP contribution in [0.4, 0.5) is 0 Å². The Morgan fingerprint density at radius 2 is 1.62 bits per heavy atom. The van der Waals surface area contributed by atoms with E-state index in [4.69, 9.17) is 30.8 Å². The van der Waals surface area contributed by atoms with Crippen LogP contribution in [0.5, 0.6) is 0 Å². The van der Waals surface area contributed by atoms with Gasteiger partial charge in [-0.3, -0.25) is 0 Å². The van der Waals surface area contributed by atoms with Crippen molar-refractivity contribution >= 4 is 0 Å². The Hall–Kier alpha value is -1.13. The smallest absolute Gasteiger partial charge is 0.168 e. The van der Waals surface area contributed by atoms with Crippen molar-refractivity contribution in [3.63, 3.8) is 0 Å². The van der Waals surface area contributed by atoms with E-state index in [0.717, 1.165) is 0 Å². The molecular weight excluding hydrogens is 178 g/mol. The van der Waals surface area contributed by atoms with Gasteiger partial charge >= 0.3 is 0 Å². The fourth-order valence-corrected chi connectivity index (χ4v) is 0.647. The van der Waals surface area contributed by atoms with Crippen LogP contribution in [0.15, 0.2) is 12.3 Å². The highest BCUT2D eigenvalue weighted by molar-refractivity contribution is 5.00. The van der Waals surface area contributed by atoms with Gasteiger partial charge in [-0.15, -0.1) is 0 Å². The molecule has 74 valence electrons. The molecule has 13 heavy (non-hydrogen) atoms. The molecule has 0 spiro atoms. The Kier molecular flexibility index (Phi) is 4.37. The SMILES string of the molecule is C=C(O)[C@@H](O)[C@@H](O)[C@@H](O)[C@@H](O)C#N. The van der Waals surface area contributed by atoms with Crippen LogP contribution < -0.4 is 0 Å². The molecule has 5 N–H and O–H groups in total. The largest absolute Gasteiger partial charge is 0.510 e. The molecule has 0 aromatic rings. The van der Waals surface area contributed by atoms with Crippen LogP contribution in [0.25, 0.3) is 0 Å². The van der Waals surface area contributed by atoms with Gasteiger partial charge in [-0.1, -0.05) is 6.58 Å². The fourth-order valence-electron chi connectivity index (χ4n) is 0.647. The van der Waals surface area contributed by atoms with Crippen LogP contribution in [0.3, 0.4) is 0 Å². The number of rotatable bonds is 4. The van der Waals surface area contributed by atoms with E-state index in [2.05, 4.69) is 6.58 Å². The molecule has 0 aliphatic heterocycles. The average molecular weight is 189 g/mol. The van der Waals surface area contributed by atoms with Crippen LogP contribution in [-0.4, -0.2) is 49.9 Å². The third-order valence-corrected chi connectivity index (χ3v) is 1.47. The molecule has 0 bridgehead atoms. The summed E-state index contributed by atoms with van der Waals surface area (Å²) in [5.74, 6) is -0.753. The molecule has 0 aromatic heterocycles. The summed E-state index contributed by atoms with van der Waals surface area (Å²) in [6.07, 6.45) is -7.34. The van der Waals surface area contributed by atoms with E-state index in [-0.39, 0.29) is 0 Å². The lowest BCUT2D eigenvalue weighted by Gasteiger charge is -2.22. The molecule has 6 heteroatoms. The number of nitrogens with zero attached hydrogens (tertiary/aromatic N) is 1. The van der Waals surface area contributed by atoms with Crippen molar-refractivity contribution in [1.29, 1.82) is 5.26 Å². The van der Waals surface area contributed by atoms with Crippen LogP contribution in [0.1, 0.15) is 0 Å². The van der Waals surface area contributed by atoms with Gasteiger partial charge in [-0.2, -0.15) is 5.26 Å². The first-order chi connectivity index (χ1) is 5.91. The Labute approximate surface area is 74.6 Å². The van der Waals surface area contributed by atoms with E-state index in [1.54, 1.807) is 0 Å². The molecule has 0 radical (unpaired) electrons. The van der Waals surface area contributed by atoms with Gasteiger partial charge in [-0.25, -0.2) is 0 Å². The van der Waals surface area contributed by atoms with Gasteiger partial charge in [0.1, 0.15) is 24.1 Å². The third kappa shape index (κ3) is 3.01. The van der Waals surface area contributed by atoms with Crippen LogP contribution >= 0.6 is 0 Å². The van der Waals surface area contributed by atoms with E-state index < -0.39 is 30.2 Å². The predicted molar refractivity (Wildman–Crippen MR) is 41.4 cm³/mol. The van der Waals surface area contributed by atoms with E-state index >= 15 is 0 Å². The van der Waals surface area contributed by atoms with Crippen LogP contribution in [0.2, 0.25) is 0 Å². The maximum atomic E-state index is 9.03. The summed E-state index contributed by atoms with van der Waals surface area (Å²) < 4.78 is 0. The van der Waals surface area contributed by atoms with Gasteiger partial charge in [0.15, 0.2) is 6.10 Å². The molecule has 0 rings (SSSR count). The molecule has 0 unspecified atom stereocenters. The summed E-state index contributed by atoms with van der Waals surface area (Å²) in [7, 11) is 0. The first kappa shape index (κ1) is 11.9. The number of aliphatic hydroxyl groups is 5. The highest BCUT2D eigenvalue weighted by atomic mass is 16.4. The zero-order valence-corrected chi connectivity index (χ0v) is 6.70. The van der Waals surface area contributed by atoms with Gasteiger partial charge in [0.25, 0.3) is 0 Å². The lowest BCUT2D eigenvalue weighted by atomic mass is 10.0. The predicted octanol–water partition coefficient (Wildman–Crippen LogP) is -1.97. The first-order valence-corrected chi connectivity index (χ1v) is 3.41. The molecule has 0 heterocycles. The molecule has 4 atom stereocenters. The lowest BCUT2D eigenvalue weighted by molar-refractivity contribution is -0.0889. The minimum Gasteiger partial charge on any atom is -0.510 e. The summed E-state index contributed by atoms with van der Waals surface area (Å²) >= 11 is 0. The number of hydrogen-bond acceptors (Lipinski definition) is 6. The molecule has 0 saturated carbocycles. The summed E-state index contributed by atoms with van der Waals surface area (Å²) in [6.45, 7) is 2.91. The van der Waals surface area contributed by atoms with Gasteiger partial charge in [0.2, 0.25) is 0 Å². The van der Waals surface area contributed by atoms with E-state index in [0.29, 0.717) is 0 Å².